The number of halogens is 2. The van der Waals surface area contributed by atoms with E-state index in [4.69, 9.17) is 0 Å². The normalized spacial score (nSPS) is 14.9. The second kappa shape index (κ2) is 4.28. The average Bonchev–Trinajstić information content (AvgIpc) is 2.18. The van der Waals surface area contributed by atoms with E-state index < -0.39 is 11.6 Å². The number of fused-ring (bicyclic) bond motifs is 1. The summed E-state index contributed by atoms with van der Waals surface area (Å²) >= 11 is 0. The second-order valence-corrected chi connectivity index (χ2v) is 4.55. The molecule has 1 heterocycles. The largest absolute Gasteiger partial charge is 0.379 e. The molecule has 1 N–H and O–H groups in total. The third-order valence-electron chi connectivity index (χ3n) is 2.64. The molecule has 88 valence electrons. The van der Waals surface area contributed by atoms with E-state index in [9.17, 15) is 8.78 Å². The summed E-state index contributed by atoms with van der Waals surface area (Å²) in [5.74, 6) is -0.561. The van der Waals surface area contributed by atoms with E-state index in [0.29, 0.717) is 23.8 Å². The van der Waals surface area contributed by atoms with Crippen LogP contribution in [0.4, 0.5) is 20.2 Å². The first-order valence-corrected chi connectivity index (χ1v) is 5.56. The van der Waals surface area contributed by atoms with Crippen LogP contribution in [0.15, 0.2) is 12.1 Å². The van der Waals surface area contributed by atoms with Crippen molar-refractivity contribution < 1.29 is 8.78 Å². The predicted molar refractivity (Wildman–Crippen MR) is 61.9 cm³/mol. The Bertz CT molecular complexity index is 391. The third kappa shape index (κ3) is 2.10. The summed E-state index contributed by atoms with van der Waals surface area (Å²) in [5, 5.41) is 2.98. The SMILES string of the molecule is CC(C)CN1CCNc2c(F)cc(F)cc21. The highest BCUT2D eigenvalue weighted by Crippen LogP contribution is 2.32. The van der Waals surface area contributed by atoms with Gasteiger partial charge in [-0.3, -0.25) is 0 Å². The molecule has 2 nitrogen and oxygen atoms in total. The van der Waals surface area contributed by atoms with Crippen molar-refractivity contribution in [2.45, 2.75) is 13.8 Å². The lowest BCUT2D eigenvalue weighted by Crippen LogP contribution is -2.37. The van der Waals surface area contributed by atoms with Gasteiger partial charge in [0.1, 0.15) is 5.82 Å². The lowest BCUT2D eigenvalue weighted by Gasteiger charge is -2.33. The van der Waals surface area contributed by atoms with E-state index in [1.807, 2.05) is 4.90 Å². The fraction of sp³-hybridized carbons (Fsp3) is 0.500. The molecule has 1 aliphatic heterocycles. The number of hydrogen-bond donors (Lipinski definition) is 1. The topological polar surface area (TPSA) is 15.3 Å². The summed E-state index contributed by atoms with van der Waals surface area (Å²) in [7, 11) is 0. The number of benzene rings is 1. The van der Waals surface area contributed by atoms with Crippen LogP contribution in [0, 0.1) is 17.6 Å². The zero-order valence-electron chi connectivity index (χ0n) is 9.56. The van der Waals surface area contributed by atoms with Crippen LogP contribution < -0.4 is 10.2 Å². The number of hydrogen-bond acceptors (Lipinski definition) is 2. The number of rotatable bonds is 2. The van der Waals surface area contributed by atoms with Crippen LogP contribution in [0.25, 0.3) is 0 Å². The molecule has 4 heteroatoms. The maximum Gasteiger partial charge on any atom is 0.151 e. The van der Waals surface area contributed by atoms with Crippen LogP contribution in [0.2, 0.25) is 0 Å². The maximum atomic E-state index is 13.5. The highest BCUT2D eigenvalue weighted by molar-refractivity contribution is 5.72. The summed E-state index contributed by atoms with van der Waals surface area (Å²) in [6.07, 6.45) is 0. The molecule has 2 rings (SSSR count). The van der Waals surface area contributed by atoms with Gasteiger partial charge in [0.25, 0.3) is 0 Å². The zero-order valence-corrected chi connectivity index (χ0v) is 9.56. The molecule has 0 fully saturated rings. The fourth-order valence-corrected chi connectivity index (χ4v) is 2.05. The van der Waals surface area contributed by atoms with Gasteiger partial charge in [-0.25, -0.2) is 8.78 Å². The van der Waals surface area contributed by atoms with Gasteiger partial charge in [0.05, 0.1) is 11.4 Å². The molecule has 0 unspecified atom stereocenters. The van der Waals surface area contributed by atoms with Crippen LogP contribution in [0.3, 0.4) is 0 Å². The maximum absolute atomic E-state index is 13.5. The van der Waals surface area contributed by atoms with E-state index in [1.165, 1.54) is 6.07 Å². The van der Waals surface area contributed by atoms with Gasteiger partial charge in [0.2, 0.25) is 0 Å². The van der Waals surface area contributed by atoms with Gasteiger partial charge in [-0.1, -0.05) is 13.8 Å². The van der Waals surface area contributed by atoms with Crippen molar-refractivity contribution in [3.63, 3.8) is 0 Å². The number of anilines is 2. The summed E-state index contributed by atoms with van der Waals surface area (Å²) in [4.78, 5) is 2.03. The molecule has 0 saturated heterocycles. The molecule has 0 aliphatic carbocycles. The van der Waals surface area contributed by atoms with Crippen LogP contribution in [0.1, 0.15) is 13.8 Å². The molecule has 0 aromatic heterocycles. The van der Waals surface area contributed by atoms with Crippen LogP contribution in [-0.4, -0.2) is 19.6 Å². The first-order valence-electron chi connectivity index (χ1n) is 5.56. The van der Waals surface area contributed by atoms with E-state index in [-0.39, 0.29) is 0 Å². The van der Waals surface area contributed by atoms with Crippen molar-refractivity contribution >= 4 is 11.4 Å². The molecule has 0 saturated carbocycles. The zero-order chi connectivity index (χ0) is 11.7. The van der Waals surface area contributed by atoms with Gasteiger partial charge in [-0.05, 0) is 12.0 Å². The number of nitrogens with one attached hydrogen (secondary N) is 1. The highest BCUT2D eigenvalue weighted by atomic mass is 19.1. The Labute approximate surface area is 94.3 Å². The molecular formula is C12H16F2N2. The first-order chi connectivity index (χ1) is 7.58. The minimum atomic E-state index is -0.520. The highest BCUT2D eigenvalue weighted by Gasteiger charge is 2.21. The monoisotopic (exact) mass is 226 g/mol. The first kappa shape index (κ1) is 11.2. The smallest absolute Gasteiger partial charge is 0.151 e. The van der Waals surface area contributed by atoms with Crippen molar-refractivity contribution in [2.24, 2.45) is 5.92 Å². The fourth-order valence-electron chi connectivity index (χ4n) is 2.05. The van der Waals surface area contributed by atoms with Crippen LogP contribution in [0.5, 0.6) is 0 Å². The molecule has 0 bridgehead atoms. The van der Waals surface area contributed by atoms with Gasteiger partial charge >= 0.3 is 0 Å². The molecular weight excluding hydrogens is 210 g/mol. The standard InChI is InChI=1S/C12H16F2N2/c1-8(2)7-16-4-3-15-12-10(14)5-9(13)6-11(12)16/h5-6,8,15H,3-4,7H2,1-2H3. The van der Waals surface area contributed by atoms with E-state index in [2.05, 4.69) is 19.2 Å². The molecule has 0 atom stereocenters. The van der Waals surface area contributed by atoms with Gasteiger partial charge in [-0.2, -0.15) is 0 Å². The van der Waals surface area contributed by atoms with E-state index in [0.717, 1.165) is 19.2 Å². The van der Waals surface area contributed by atoms with Gasteiger partial charge in [-0.15, -0.1) is 0 Å². The Balaban J connectivity index is 2.37. The van der Waals surface area contributed by atoms with E-state index in [1.54, 1.807) is 0 Å². The number of nitrogens with zero attached hydrogens (tertiary/aromatic N) is 1. The van der Waals surface area contributed by atoms with Crippen molar-refractivity contribution in [3.8, 4) is 0 Å². The van der Waals surface area contributed by atoms with Gasteiger partial charge in [0, 0.05) is 25.7 Å². The summed E-state index contributed by atoms with van der Waals surface area (Å²) < 4.78 is 26.7. The third-order valence-corrected chi connectivity index (χ3v) is 2.64. The van der Waals surface area contributed by atoms with Crippen molar-refractivity contribution in [1.29, 1.82) is 0 Å². The Kier molecular flexibility index (Phi) is 2.99. The minimum absolute atomic E-state index is 0.424. The Hall–Kier alpha value is -1.32. The van der Waals surface area contributed by atoms with Crippen molar-refractivity contribution in [2.75, 3.05) is 29.9 Å². The molecule has 1 aromatic rings. The Morgan fingerprint density at radius 1 is 1.38 bits per heavy atom. The van der Waals surface area contributed by atoms with Crippen LogP contribution >= 0.6 is 0 Å². The second-order valence-electron chi connectivity index (χ2n) is 4.55. The molecule has 0 spiro atoms. The summed E-state index contributed by atoms with van der Waals surface area (Å²) in [6.45, 7) is 6.49. The lowest BCUT2D eigenvalue weighted by atomic mass is 10.1. The van der Waals surface area contributed by atoms with Crippen LogP contribution in [-0.2, 0) is 0 Å². The molecule has 1 aromatic carbocycles. The average molecular weight is 226 g/mol. The quantitative estimate of drug-likeness (QED) is 0.834. The van der Waals surface area contributed by atoms with E-state index >= 15 is 0 Å². The molecule has 1 aliphatic rings. The van der Waals surface area contributed by atoms with Crippen molar-refractivity contribution in [1.82, 2.24) is 0 Å². The molecule has 0 radical (unpaired) electrons. The predicted octanol–water partition coefficient (Wildman–Crippen LogP) is 2.85. The summed E-state index contributed by atoms with van der Waals surface area (Å²) in [6, 6.07) is 2.32. The Morgan fingerprint density at radius 2 is 2.12 bits per heavy atom. The van der Waals surface area contributed by atoms with Gasteiger partial charge in [0.15, 0.2) is 5.82 Å². The molecule has 0 amide bonds. The lowest BCUT2D eigenvalue weighted by molar-refractivity contribution is 0.571. The van der Waals surface area contributed by atoms with Crippen molar-refractivity contribution in [3.05, 3.63) is 23.8 Å². The minimum Gasteiger partial charge on any atom is -0.379 e. The summed E-state index contributed by atoms with van der Waals surface area (Å²) in [5.41, 5.74) is 1.06. The van der Waals surface area contributed by atoms with Gasteiger partial charge < -0.3 is 10.2 Å². The molecule has 16 heavy (non-hydrogen) atoms. The Morgan fingerprint density at radius 3 is 2.81 bits per heavy atom.